The van der Waals surface area contributed by atoms with E-state index in [4.69, 9.17) is 32.7 Å². The summed E-state index contributed by atoms with van der Waals surface area (Å²) < 4.78 is 38.3. The highest BCUT2D eigenvalue weighted by molar-refractivity contribution is 7.92. The third-order valence-electron chi connectivity index (χ3n) is 4.50. The van der Waals surface area contributed by atoms with Crippen molar-refractivity contribution in [3.05, 3.63) is 76.8 Å². The van der Waals surface area contributed by atoms with Gasteiger partial charge < -0.3 is 14.8 Å². The van der Waals surface area contributed by atoms with E-state index in [0.29, 0.717) is 29.5 Å². The second-order valence-electron chi connectivity index (χ2n) is 6.93. The van der Waals surface area contributed by atoms with Gasteiger partial charge in [0.1, 0.15) is 11.5 Å². The molecule has 0 aromatic heterocycles. The van der Waals surface area contributed by atoms with Crippen molar-refractivity contribution in [2.45, 2.75) is 17.7 Å². The van der Waals surface area contributed by atoms with Crippen molar-refractivity contribution in [2.75, 3.05) is 23.8 Å². The minimum Gasteiger partial charge on any atom is -0.497 e. The Kier molecular flexibility index (Phi) is 8.43. The third-order valence-corrected chi connectivity index (χ3v) is 6.43. The van der Waals surface area contributed by atoms with E-state index in [1.807, 2.05) is 0 Å². The molecule has 33 heavy (non-hydrogen) atoms. The molecule has 0 heterocycles. The van der Waals surface area contributed by atoms with Crippen molar-refractivity contribution in [1.82, 2.24) is 0 Å². The molecule has 3 rings (SSSR count). The Bertz CT molecular complexity index is 1200. The summed E-state index contributed by atoms with van der Waals surface area (Å²) in [7, 11) is -2.26. The fourth-order valence-electron chi connectivity index (χ4n) is 2.81. The second-order valence-corrected chi connectivity index (χ2v) is 9.46. The second kappa shape index (κ2) is 11.3. The largest absolute Gasteiger partial charge is 0.497 e. The molecule has 0 unspecified atom stereocenters. The van der Waals surface area contributed by atoms with Crippen LogP contribution in [0.1, 0.15) is 12.8 Å². The van der Waals surface area contributed by atoms with Gasteiger partial charge in [-0.05, 0) is 73.2 Å². The fraction of sp³-hybridized carbons (Fsp3) is 0.174. The zero-order valence-electron chi connectivity index (χ0n) is 17.7. The molecule has 0 saturated heterocycles. The average Bonchev–Trinajstić information content (AvgIpc) is 2.79. The van der Waals surface area contributed by atoms with Crippen LogP contribution in [0, 0.1) is 0 Å². The zero-order chi connectivity index (χ0) is 23.8. The van der Waals surface area contributed by atoms with Crippen molar-refractivity contribution < 1.29 is 22.7 Å². The number of hydrogen-bond donors (Lipinski definition) is 2. The number of sulfonamides is 1. The summed E-state index contributed by atoms with van der Waals surface area (Å²) >= 11 is 11.9. The molecule has 0 bridgehead atoms. The van der Waals surface area contributed by atoms with Gasteiger partial charge in [-0.25, -0.2) is 8.42 Å². The first-order valence-corrected chi connectivity index (χ1v) is 12.2. The van der Waals surface area contributed by atoms with Crippen LogP contribution in [-0.4, -0.2) is 28.0 Å². The van der Waals surface area contributed by atoms with E-state index in [1.165, 1.54) is 42.5 Å². The van der Waals surface area contributed by atoms with Crippen LogP contribution in [0.3, 0.4) is 0 Å². The minimum atomic E-state index is -3.86. The summed E-state index contributed by atoms with van der Waals surface area (Å²) in [5.74, 6) is 1.24. The molecule has 0 atom stereocenters. The molecule has 0 spiro atoms. The van der Waals surface area contributed by atoms with Crippen molar-refractivity contribution >= 4 is 50.5 Å². The Morgan fingerprint density at radius 3 is 2.24 bits per heavy atom. The van der Waals surface area contributed by atoms with E-state index in [2.05, 4.69) is 10.0 Å². The van der Waals surface area contributed by atoms with E-state index in [1.54, 1.807) is 31.4 Å². The lowest BCUT2D eigenvalue weighted by Crippen LogP contribution is -2.14. The van der Waals surface area contributed by atoms with Crippen LogP contribution >= 0.6 is 23.2 Å². The number of ether oxygens (including phenoxy) is 2. The lowest BCUT2D eigenvalue weighted by Gasteiger charge is -2.11. The van der Waals surface area contributed by atoms with Crippen molar-refractivity contribution in [1.29, 1.82) is 0 Å². The molecule has 0 radical (unpaired) electrons. The predicted molar refractivity (Wildman–Crippen MR) is 130 cm³/mol. The highest BCUT2D eigenvalue weighted by atomic mass is 35.5. The van der Waals surface area contributed by atoms with Crippen LogP contribution < -0.4 is 19.5 Å². The Hall–Kier alpha value is -2.94. The lowest BCUT2D eigenvalue weighted by atomic mass is 10.2. The molecule has 3 aromatic rings. The van der Waals surface area contributed by atoms with Crippen LogP contribution in [0.4, 0.5) is 11.4 Å². The summed E-state index contributed by atoms with van der Waals surface area (Å²) in [6, 6.07) is 17.5. The van der Waals surface area contributed by atoms with E-state index in [-0.39, 0.29) is 27.9 Å². The SMILES string of the molecule is COc1ccc(OCCCC(=O)Nc2ccc(S(=O)(=O)Nc3ccc(Cl)cc3Cl)cc2)cc1. The monoisotopic (exact) mass is 508 g/mol. The molecule has 0 aliphatic rings. The summed E-state index contributed by atoms with van der Waals surface area (Å²) in [4.78, 5) is 12.2. The minimum absolute atomic E-state index is 0.0272. The number of methoxy groups -OCH3 is 1. The zero-order valence-corrected chi connectivity index (χ0v) is 20.0. The number of nitrogens with one attached hydrogen (secondary N) is 2. The number of amides is 1. The summed E-state index contributed by atoms with van der Waals surface area (Å²) in [6.07, 6.45) is 0.781. The molecule has 7 nitrogen and oxygen atoms in total. The first kappa shape index (κ1) is 24.7. The maximum absolute atomic E-state index is 12.6. The van der Waals surface area contributed by atoms with Gasteiger partial charge in [-0.1, -0.05) is 23.2 Å². The Morgan fingerprint density at radius 2 is 1.61 bits per heavy atom. The maximum atomic E-state index is 12.6. The van der Waals surface area contributed by atoms with Crippen LogP contribution in [0.15, 0.2) is 71.6 Å². The number of hydrogen-bond acceptors (Lipinski definition) is 5. The normalized spacial score (nSPS) is 11.0. The fourth-order valence-corrected chi connectivity index (χ4v) is 4.40. The quantitative estimate of drug-likeness (QED) is 0.347. The van der Waals surface area contributed by atoms with Crippen molar-refractivity contribution in [3.63, 3.8) is 0 Å². The highest BCUT2D eigenvalue weighted by Crippen LogP contribution is 2.28. The molecule has 0 aliphatic carbocycles. The van der Waals surface area contributed by atoms with Crippen LogP contribution in [0.5, 0.6) is 11.5 Å². The molecule has 1 amide bonds. The molecule has 2 N–H and O–H groups in total. The van der Waals surface area contributed by atoms with E-state index in [0.717, 1.165) is 5.75 Å². The number of halogens is 2. The average molecular weight is 509 g/mol. The molecular weight excluding hydrogens is 487 g/mol. The van der Waals surface area contributed by atoms with Gasteiger partial charge in [0.05, 0.1) is 29.3 Å². The lowest BCUT2D eigenvalue weighted by molar-refractivity contribution is -0.116. The molecule has 10 heteroatoms. The third kappa shape index (κ3) is 7.28. The van der Waals surface area contributed by atoms with Crippen molar-refractivity contribution in [3.8, 4) is 11.5 Å². The number of anilines is 2. The predicted octanol–water partition coefficient (Wildman–Crippen LogP) is 5.60. The van der Waals surface area contributed by atoms with Gasteiger partial charge in [-0.15, -0.1) is 0 Å². The van der Waals surface area contributed by atoms with E-state index >= 15 is 0 Å². The summed E-state index contributed by atoms with van der Waals surface area (Å²) in [5, 5.41) is 3.32. The first-order valence-electron chi connectivity index (χ1n) is 9.91. The van der Waals surface area contributed by atoms with Gasteiger partial charge in [-0.3, -0.25) is 9.52 Å². The molecule has 174 valence electrons. The van der Waals surface area contributed by atoms with Gasteiger partial charge in [-0.2, -0.15) is 0 Å². The van der Waals surface area contributed by atoms with Gasteiger partial charge in [0.2, 0.25) is 5.91 Å². The molecule has 0 fully saturated rings. The Morgan fingerprint density at radius 1 is 0.939 bits per heavy atom. The number of rotatable bonds is 10. The maximum Gasteiger partial charge on any atom is 0.261 e. The molecule has 3 aromatic carbocycles. The van der Waals surface area contributed by atoms with E-state index < -0.39 is 10.0 Å². The van der Waals surface area contributed by atoms with Crippen LogP contribution in [0.2, 0.25) is 10.0 Å². The Balaban J connectivity index is 1.48. The number of carbonyl (C=O) groups is 1. The number of benzene rings is 3. The summed E-state index contributed by atoms with van der Waals surface area (Å²) in [5.41, 5.74) is 0.704. The van der Waals surface area contributed by atoms with Gasteiger partial charge in [0.15, 0.2) is 0 Å². The number of carbonyl (C=O) groups excluding carboxylic acids is 1. The first-order chi connectivity index (χ1) is 15.8. The molecule has 0 saturated carbocycles. The van der Waals surface area contributed by atoms with E-state index in [9.17, 15) is 13.2 Å². The Labute approximate surface area is 202 Å². The van der Waals surface area contributed by atoms with Gasteiger partial charge in [0.25, 0.3) is 10.0 Å². The van der Waals surface area contributed by atoms with Crippen molar-refractivity contribution in [2.24, 2.45) is 0 Å². The highest BCUT2D eigenvalue weighted by Gasteiger charge is 2.16. The standard InChI is InChI=1S/C23H22Cl2N2O5S/c1-31-18-7-9-19(10-8-18)32-14-2-3-23(28)26-17-5-11-20(12-6-17)33(29,30)27-22-13-4-16(24)15-21(22)25/h4-13,15,27H,2-3,14H2,1H3,(H,26,28). The molecule has 0 aliphatic heterocycles. The van der Waals surface area contributed by atoms with Gasteiger partial charge >= 0.3 is 0 Å². The van der Waals surface area contributed by atoms with Crippen LogP contribution in [-0.2, 0) is 14.8 Å². The smallest absolute Gasteiger partial charge is 0.261 e. The summed E-state index contributed by atoms with van der Waals surface area (Å²) in [6.45, 7) is 0.385. The topological polar surface area (TPSA) is 93.7 Å². The van der Waals surface area contributed by atoms with Crippen LogP contribution in [0.25, 0.3) is 0 Å². The molecular formula is C23H22Cl2N2O5S. The van der Waals surface area contributed by atoms with Gasteiger partial charge in [0, 0.05) is 17.1 Å².